The number of nitrogens with zero attached hydrogens (tertiary/aromatic N) is 2. The fraction of sp³-hybridized carbons (Fsp3) is 0.353. The summed E-state index contributed by atoms with van der Waals surface area (Å²) in [7, 11) is 1.54. The molecule has 0 spiro atoms. The van der Waals surface area contributed by atoms with Crippen LogP contribution in [-0.2, 0) is 0 Å². The molecule has 1 aromatic carbocycles. The van der Waals surface area contributed by atoms with Gasteiger partial charge in [0.25, 0.3) is 5.91 Å². The first kappa shape index (κ1) is 18.0. The van der Waals surface area contributed by atoms with Gasteiger partial charge in [-0.2, -0.15) is 0 Å². The Balaban J connectivity index is 2.15. The Morgan fingerprint density at radius 1 is 1.29 bits per heavy atom. The average molecular weight is 349 g/mol. The number of ether oxygens (including phenoxy) is 1. The van der Waals surface area contributed by atoms with Gasteiger partial charge in [0.05, 0.1) is 12.1 Å². The zero-order valence-corrected chi connectivity index (χ0v) is 14.9. The summed E-state index contributed by atoms with van der Waals surface area (Å²) < 4.78 is 5.09. The normalized spacial score (nSPS) is 10.6. The van der Waals surface area contributed by atoms with Gasteiger partial charge in [0.2, 0.25) is 5.95 Å². The van der Waals surface area contributed by atoms with E-state index in [0.29, 0.717) is 39.7 Å². The molecular weight excluding hydrogens is 328 g/mol. The number of rotatable bonds is 6. The van der Waals surface area contributed by atoms with E-state index < -0.39 is 0 Å². The monoisotopic (exact) mass is 348 g/mol. The fourth-order valence-corrected chi connectivity index (χ4v) is 2.26. The Hall–Kier alpha value is -2.34. The van der Waals surface area contributed by atoms with E-state index in [-0.39, 0.29) is 5.91 Å². The molecule has 0 atom stereocenters. The quantitative estimate of drug-likeness (QED) is 0.831. The molecule has 0 saturated heterocycles. The molecule has 1 heterocycles. The Labute approximate surface area is 146 Å². The van der Waals surface area contributed by atoms with Gasteiger partial charge in [0.15, 0.2) is 0 Å². The van der Waals surface area contributed by atoms with Crippen molar-refractivity contribution in [2.75, 3.05) is 24.3 Å². The molecule has 0 bridgehead atoms. The molecule has 2 rings (SSSR count). The number of hydrogen-bond donors (Lipinski definition) is 2. The molecule has 128 valence electrons. The third-order valence-corrected chi connectivity index (χ3v) is 3.46. The van der Waals surface area contributed by atoms with Crippen LogP contribution < -0.4 is 15.4 Å². The largest absolute Gasteiger partial charge is 0.495 e. The van der Waals surface area contributed by atoms with Gasteiger partial charge in [-0.3, -0.25) is 4.79 Å². The van der Waals surface area contributed by atoms with Crippen LogP contribution in [0.2, 0.25) is 5.02 Å². The number of amides is 1. The Bertz CT molecular complexity index is 735. The molecule has 24 heavy (non-hydrogen) atoms. The zero-order valence-electron chi connectivity index (χ0n) is 14.2. The summed E-state index contributed by atoms with van der Waals surface area (Å²) in [5.74, 6) is 1.12. The molecule has 0 saturated carbocycles. The van der Waals surface area contributed by atoms with E-state index in [2.05, 4.69) is 34.4 Å². The SMILES string of the molecule is COc1ccc(NC(=O)c2cc(C)nc(NCC(C)C)n2)cc1Cl. The van der Waals surface area contributed by atoms with Crippen LogP contribution >= 0.6 is 11.6 Å². The van der Waals surface area contributed by atoms with Crippen molar-refractivity contribution in [3.8, 4) is 5.75 Å². The number of halogens is 1. The van der Waals surface area contributed by atoms with E-state index in [1.165, 1.54) is 7.11 Å². The molecule has 1 aromatic heterocycles. The van der Waals surface area contributed by atoms with Gasteiger partial charge in [0, 0.05) is 17.9 Å². The summed E-state index contributed by atoms with van der Waals surface area (Å²) >= 11 is 6.07. The molecule has 6 nitrogen and oxygen atoms in total. The van der Waals surface area contributed by atoms with Crippen molar-refractivity contribution in [2.24, 2.45) is 5.92 Å². The highest BCUT2D eigenvalue weighted by atomic mass is 35.5. The molecule has 0 aliphatic heterocycles. The average Bonchev–Trinajstić information content (AvgIpc) is 2.52. The predicted octanol–water partition coefficient (Wildman–Crippen LogP) is 3.77. The van der Waals surface area contributed by atoms with Crippen LogP contribution in [0.15, 0.2) is 24.3 Å². The second-order valence-corrected chi connectivity index (χ2v) is 6.20. The van der Waals surface area contributed by atoms with Gasteiger partial charge in [-0.15, -0.1) is 0 Å². The lowest BCUT2D eigenvalue weighted by Crippen LogP contribution is -2.17. The van der Waals surface area contributed by atoms with Gasteiger partial charge in [0.1, 0.15) is 11.4 Å². The number of anilines is 2. The third kappa shape index (κ3) is 4.83. The molecule has 0 radical (unpaired) electrons. The molecule has 0 fully saturated rings. The predicted molar refractivity (Wildman–Crippen MR) is 96.1 cm³/mol. The van der Waals surface area contributed by atoms with Crippen LogP contribution in [0.3, 0.4) is 0 Å². The zero-order chi connectivity index (χ0) is 17.7. The number of methoxy groups -OCH3 is 1. The van der Waals surface area contributed by atoms with Crippen molar-refractivity contribution >= 4 is 29.1 Å². The number of aromatic nitrogens is 2. The molecule has 0 aliphatic rings. The van der Waals surface area contributed by atoms with Crippen LogP contribution in [0.25, 0.3) is 0 Å². The van der Waals surface area contributed by atoms with Crippen LogP contribution in [-0.4, -0.2) is 29.5 Å². The lowest BCUT2D eigenvalue weighted by molar-refractivity contribution is 0.102. The standard InChI is InChI=1S/C17H21ClN4O2/c1-10(2)9-19-17-20-11(3)7-14(22-17)16(23)21-12-5-6-15(24-4)13(18)8-12/h5-8,10H,9H2,1-4H3,(H,21,23)(H,19,20,22). The van der Waals surface area contributed by atoms with E-state index in [9.17, 15) is 4.79 Å². The van der Waals surface area contributed by atoms with Gasteiger partial charge in [-0.25, -0.2) is 9.97 Å². The van der Waals surface area contributed by atoms with Crippen LogP contribution in [0.1, 0.15) is 30.0 Å². The highest BCUT2D eigenvalue weighted by Gasteiger charge is 2.12. The first-order valence-corrected chi connectivity index (χ1v) is 8.01. The van der Waals surface area contributed by atoms with Crippen molar-refractivity contribution in [1.29, 1.82) is 0 Å². The minimum atomic E-state index is -0.325. The molecular formula is C17H21ClN4O2. The first-order valence-electron chi connectivity index (χ1n) is 7.63. The maximum absolute atomic E-state index is 12.4. The van der Waals surface area contributed by atoms with Crippen LogP contribution in [0.5, 0.6) is 5.75 Å². The fourth-order valence-electron chi connectivity index (χ4n) is 2.00. The van der Waals surface area contributed by atoms with Gasteiger partial charge < -0.3 is 15.4 Å². The van der Waals surface area contributed by atoms with E-state index >= 15 is 0 Å². The number of carbonyl (C=O) groups excluding carboxylic acids is 1. The maximum Gasteiger partial charge on any atom is 0.274 e. The lowest BCUT2D eigenvalue weighted by Gasteiger charge is -2.11. The number of aryl methyl sites for hydroxylation is 1. The van der Waals surface area contributed by atoms with Crippen molar-refractivity contribution in [3.63, 3.8) is 0 Å². The smallest absolute Gasteiger partial charge is 0.274 e. The number of hydrogen-bond acceptors (Lipinski definition) is 5. The molecule has 2 aromatic rings. The van der Waals surface area contributed by atoms with Crippen molar-refractivity contribution < 1.29 is 9.53 Å². The first-order chi connectivity index (χ1) is 11.4. The summed E-state index contributed by atoms with van der Waals surface area (Å²) in [5.41, 5.74) is 1.58. The third-order valence-electron chi connectivity index (χ3n) is 3.16. The Morgan fingerprint density at radius 2 is 2.04 bits per heavy atom. The summed E-state index contributed by atoms with van der Waals surface area (Å²) in [5, 5.41) is 6.33. The summed E-state index contributed by atoms with van der Waals surface area (Å²) in [4.78, 5) is 21.0. The molecule has 7 heteroatoms. The molecule has 2 N–H and O–H groups in total. The second kappa shape index (κ2) is 7.97. The topological polar surface area (TPSA) is 76.1 Å². The van der Waals surface area contributed by atoms with E-state index in [0.717, 1.165) is 6.54 Å². The van der Waals surface area contributed by atoms with Gasteiger partial charge in [-0.1, -0.05) is 25.4 Å². The Morgan fingerprint density at radius 3 is 2.67 bits per heavy atom. The highest BCUT2D eigenvalue weighted by Crippen LogP contribution is 2.27. The number of carbonyl (C=O) groups is 1. The van der Waals surface area contributed by atoms with E-state index in [1.807, 2.05) is 6.92 Å². The van der Waals surface area contributed by atoms with Crippen LogP contribution in [0.4, 0.5) is 11.6 Å². The summed E-state index contributed by atoms with van der Waals surface area (Å²) in [6.45, 7) is 6.73. The molecule has 1 amide bonds. The van der Waals surface area contributed by atoms with Gasteiger partial charge in [-0.05, 0) is 37.1 Å². The Kier molecular flexibility index (Phi) is 5.98. The van der Waals surface area contributed by atoms with Crippen LogP contribution in [0, 0.1) is 12.8 Å². The van der Waals surface area contributed by atoms with E-state index in [4.69, 9.17) is 16.3 Å². The van der Waals surface area contributed by atoms with Crippen molar-refractivity contribution in [3.05, 3.63) is 40.7 Å². The van der Waals surface area contributed by atoms with Gasteiger partial charge >= 0.3 is 0 Å². The molecule has 0 unspecified atom stereocenters. The summed E-state index contributed by atoms with van der Waals surface area (Å²) in [6.07, 6.45) is 0. The number of nitrogens with one attached hydrogen (secondary N) is 2. The van der Waals surface area contributed by atoms with E-state index in [1.54, 1.807) is 24.3 Å². The minimum Gasteiger partial charge on any atom is -0.495 e. The minimum absolute atomic E-state index is 0.292. The highest BCUT2D eigenvalue weighted by molar-refractivity contribution is 6.32. The second-order valence-electron chi connectivity index (χ2n) is 5.80. The maximum atomic E-state index is 12.4. The molecule has 0 aliphatic carbocycles. The van der Waals surface area contributed by atoms with Crippen molar-refractivity contribution in [1.82, 2.24) is 9.97 Å². The summed E-state index contributed by atoms with van der Waals surface area (Å²) in [6, 6.07) is 6.68. The van der Waals surface area contributed by atoms with Crippen molar-refractivity contribution in [2.45, 2.75) is 20.8 Å². The number of benzene rings is 1. The lowest BCUT2D eigenvalue weighted by atomic mass is 10.2.